The fraction of sp³-hybridized carbons (Fsp3) is 0.429. The van der Waals surface area contributed by atoms with Gasteiger partial charge in [-0.05, 0) is 55.2 Å². The van der Waals surface area contributed by atoms with Crippen molar-refractivity contribution in [3.8, 4) is 5.75 Å². The molecular formula is C21H25ClO5. The number of hydrogen-bond donors (Lipinski definition) is 3. The van der Waals surface area contributed by atoms with Gasteiger partial charge in [-0.3, -0.25) is 0 Å². The minimum absolute atomic E-state index is 0.585. The minimum Gasteiger partial charge on any atom is -0.494 e. The van der Waals surface area contributed by atoms with E-state index in [1.54, 1.807) is 19.1 Å². The number of halogens is 1. The number of hydrogen-bond acceptors (Lipinski definition) is 5. The van der Waals surface area contributed by atoms with Crippen LogP contribution in [0, 0.1) is 0 Å². The molecule has 0 radical (unpaired) electrons. The van der Waals surface area contributed by atoms with E-state index in [0.29, 0.717) is 23.6 Å². The lowest BCUT2D eigenvalue weighted by Crippen LogP contribution is -2.53. The predicted molar refractivity (Wildman–Crippen MR) is 103 cm³/mol. The summed E-state index contributed by atoms with van der Waals surface area (Å²) in [6.07, 6.45) is -4.29. The van der Waals surface area contributed by atoms with Gasteiger partial charge in [-0.1, -0.05) is 35.9 Å². The zero-order valence-electron chi connectivity index (χ0n) is 15.4. The van der Waals surface area contributed by atoms with Crippen LogP contribution in [0.25, 0.3) is 0 Å². The van der Waals surface area contributed by atoms with E-state index in [0.717, 1.165) is 16.9 Å². The second-order valence-electron chi connectivity index (χ2n) is 6.84. The summed E-state index contributed by atoms with van der Waals surface area (Å²) in [5, 5.41) is 30.9. The van der Waals surface area contributed by atoms with Crippen LogP contribution in [0.2, 0.25) is 5.02 Å². The Morgan fingerprint density at radius 2 is 1.70 bits per heavy atom. The molecule has 0 saturated carbocycles. The molecule has 1 saturated heterocycles. The van der Waals surface area contributed by atoms with E-state index in [2.05, 4.69) is 0 Å². The Labute approximate surface area is 164 Å². The lowest BCUT2D eigenvalue weighted by atomic mass is 9.90. The standard InChI is InChI=1S/C21H25ClO5/c1-3-26-16-7-4-13(5-8-16)10-15-11-14(6-9-17(15)22)21-20(25)19(24)18(23)12(2)27-21/h4-9,11-12,18-21,23-25H,3,10H2,1-2H3/t12?,18?,19-,20?,21?/m0/s1. The first kappa shape index (κ1) is 20.1. The molecule has 1 aliphatic heterocycles. The maximum absolute atomic E-state index is 10.3. The molecular weight excluding hydrogens is 368 g/mol. The van der Waals surface area contributed by atoms with E-state index >= 15 is 0 Å². The molecule has 27 heavy (non-hydrogen) atoms. The highest BCUT2D eigenvalue weighted by atomic mass is 35.5. The zero-order chi connectivity index (χ0) is 19.6. The topological polar surface area (TPSA) is 79.2 Å². The molecule has 5 atom stereocenters. The maximum Gasteiger partial charge on any atom is 0.119 e. The quantitative estimate of drug-likeness (QED) is 0.729. The van der Waals surface area contributed by atoms with Crippen molar-refractivity contribution in [2.75, 3.05) is 6.61 Å². The molecule has 0 aliphatic carbocycles. The molecule has 0 aromatic heterocycles. The zero-order valence-corrected chi connectivity index (χ0v) is 16.1. The summed E-state index contributed by atoms with van der Waals surface area (Å²) in [4.78, 5) is 0. The van der Waals surface area contributed by atoms with Crippen LogP contribution in [0.3, 0.4) is 0 Å². The molecule has 3 N–H and O–H groups in total. The van der Waals surface area contributed by atoms with E-state index in [9.17, 15) is 15.3 Å². The summed E-state index contributed by atoms with van der Waals surface area (Å²) in [7, 11) is 0. The summed E-state index contributed by atoms with van der Waals surface area (Å²) >= 11 is 6.37. The molecule has 2 aromatic rings. The molecule has 0 amide bonds. The molecule has 2 aromatic carbocycles. The van der Waals surface area contributed by atoms with Gasteiger partial charge in [-0.15, -0.1) is 0 Å². The number of rotatable bonds is 5. The molecule has 4 unspecified atom stereocenters. The van der Waals surface area contributed by atoms with Crippen LogP contribution in [0.1, 0.15) is 36.6 Å². The van der Waals surface area contributed by atoms with E-state index in [4.69, 9.17) is 21.1 Å². The van der Waals surface area contributed by atoms with Gasteiger partial charge in [0.05, 0.1) is 12.7 Å². The maximum atomic E-state index is 10.3. The summed E-state index contributed by atoms with van der Waals surface area (Å²) in [6, 6.07) is 13.2. The van der Waals surface area contributed by atoms with Gasteiger partial charge in [-0.2, -0.15) is 0 Å². The molecule has 0 spiro atoms. The summed E-state index contributed by atoms with van der Waals surface area (Å²) in [6.45, 7) is 4.23. The lowest BCUT2D eigenvalue weighted by molar-refractivity contribution is -0.219. The third kappa shape index (κ3) is 4.45. The third-order valence-corrected chi connectivity index (χ3v) is 5.25. The summed E-state index contributed by atoms with van der Waals surface area (Å²) in [5.74, 6) is 0.821. The van der Waals surface area contributed by atoms with E-state index < -0.39 is 30.5 Å². The van der Waals surface area contributed by atoms with Gasteiger partial charge >= 0.3 is 0 Å². The van der Waals surface area contributed by atoms with Crippen LogP contribution >= 0.6 is 11.6 Å². The predicted octanol–water partition coefficient (Wildman–Crippen LogP) is 2.87. The largest absolute Gasteiger partial charge is 0.494 e. The fourth-order valence-corrected chi connectivity index (χ4v) is 3.51. The van der Waals surface area contributed by atoms with Crippen LogP contribution in [0.5, 0.6) is 5.75 Å². The fourth-order valence-electron chi connectivity index (χ4n) is 3.32. The van der Waals surface area contributed by atoms with Crippen LogP contribution < -0.4 is 4.74 Å². The Kier molecular flexibility index (Phi) is 6.40. The molecule has 6 heteroatoms. The monoisotopic (exact) mass is 392 g/mol. The first-order valence-corrected chi connectivity index (χ1v) is 9.48. The number of benzene rings is 2. The van der Waals surface area contributed by atoms with Crippen molar-refractivity contribution >= 4 is 11.6 Å². The highest BCUT2D eigenvalue weighted by Gasteiger charge is 2.42. The van der Waals surface area contributed by atoms with Crippen molar-refractivity contribution in [1.29, 1.82) is 0 Å². The number of aliphatic hydroxyl groups is 3. The minimum atomic E-state index is -1.26. The molecule has 5 nitrogen and oxygen atoms in total. The van der Waals surface area contributed by atoms with Crippen LogP contribution in [0.15, 0.2) is 42.5 Å². The molecule has 1 heterocycles. The second kappa shape index (κ2) is 8.59. The van der Waals surface area contributed by atoms with E-state index in [1.165, 1.54) is 0 Å². The Bertz CT molecular complexity index is 764. The van der Waals surface area contributed by atoms with Gasteiger partial charge in [-0.25, -0.2) is 0 Å². The first-order chi connectivity index (χ1) is 12.9. The molecule has 1 fully saturated rings. The van der Waals surface area contributed by atoms with Gasteiger partial charge in [0.25, 0.3) is 0 Å². The number of ether oxygens (including phenoxy) is 2. The van der Waals surface area contributed by atoms with Gasteiger partial charge in [0.15, 0.2) is 0 Å². The summed E-state index contributed by atoms with van der Waals surface area (Å²) in [5.41, 5.74) is 2.68. The van der Waals surface area contributed by atoms with E-state index in [1.807, 2.05) is 37.3 Å². The average molecular weight is 393 g/mol. The Morgan fingerprint density at radius 1 is 1.00 bits per heavy atom. The third-order valence-electron chi connectivity index (χ3n) is 4.88. The molecule has 0 bridgehead atoms. The molecule has 3 rings (SSSR count). The highest BCUT2D eigenvalue weighted by molar-refractivity contribution is 6.31. The van der Waals surface area contributed by atoms with Gasteiger partial charge in [0.1, 0.15) is 30.2 Å². The highest BCUT2D eigenvalue weighted by Crippen LogP contribution is 2.34. The SMILES string of the molecule is CCOc1ccc(Cc2cc(C3OC(C)C(O)[C@H](O)C3O)ccc2Cl)cc1. The van der Waals surface area contributed by atoms with Crippen molar-refractivity contribution in [1.82, 2.24) is 0 Å². The van der Waals surface area contributed by atoms with Crippen molar-refractivity contribution in [3.05, 3.63) is 64.2 Å². The van der Waals surface area contributed by atoms with Crippen molar-refractivity contribution in [2.24, 2.45) is 0 Å². The second-order valence-corrected chi connectivity index (χ2v) is 7.25. The van der Waals surface area contributed by atoms with Crippen LogP contribution in [-0.2, 0) is 11.2 Å². The number of aliphatic hydroxyl groups excluding tert-OH is 3. The lowest BCUT2D eigenvalue weighted by Gasteiger charge is -2.39. The van der Waals surface area contributed by atoms with Gasteiger partial charge < -0.3 is 24.8 Å². The van der Waals surface area contributed by atoms with Crippen LogP contribution in [-0.4, -0.2) is 46.3 Å². The van der Waals surface area contributed by atoms with Crippen molar-refractivity contribution in [3.63, 3.8) is 0 Å². The normalized spacial score (nSPS) is 28.1. The average Bonchev–Trinajstić information content (AvgIpc) is 2.66. The molecule has 146 valence electrons. The van der Waals surface area contributed by atoms with Gasteiger partial charge in [0.2, 0.25) is 0 Å². The Morgan fingerprint density at radius 3 is 2.37 bits per heavy atom. The Balaban J connectivity index is 1.82. The summed E-state index contributed by atoms with van der Waals surface area (Å²) < 4.78 is 11.2. The first-order valence-electron chi connectivity index (χ1n) is 9.10. The van der Waals surface area contributed by atoms with Crippen molar-refractivity contribution < 1.29 is 24.8 Å². The van der Waals surface area contributed by atoms with Crippen molar-refractivity contribution in [2.45, 2.75) is 50.8 Å². The van der Waals surface area contributed by atoms with E-state index in [-0.39, 0.29) is 0 Å². The smallest absolute Gasteiger partial charge is 0.119 e. The Hall–Kier alpha value is -1.63. The van der Waals surface area contributed by atoms with Crippen LogP contribution in [0.4, 0.5) is 0 Å². The molecule has 1 aliphatic rings. The van der Waals surface area contributed by atoms with Gasteiger partial charge in [0, 0.05) is 5.02 Å².